The van der Waals surface area contributed by atoms with Crippen LogP contribution in [0.1, 0.15) is 11.3 Å². The van der Waals surface area contributed by atoms with E-state index in [1.807, 2.05) is 55.5 Å². The van der Waals surface area contributed by atoms with Crippen LogP contribution < -0.4 is 10.6 Å². The van der Waals surface area contributed by atoms with Crippen LogP contribution in [-0.2, 0) is 11.3 Å². The van der Waals surface area contributed by atoms with Gasteiger partial charge in [-0.15, -0.1) is 0 Å². The number of carbonyl (C=O) groups is 1. The number of hydrogen-bond donors (Lipinski definition) is 2. The molecule has 0 aliphatic rings. The van der Waals surface area contributed by atoms with Gasteiger partial charge >= 0.3 is 0 Å². The van der Waals surface area contributed by atoms with Gasteiger partial charge in [-0.2, -0.15) is 0 Å². The predicted molar refractivity (Wildman–Crippen MR) is 96.8 cm³/mol. The Balaban J connectivity index is 1.59. The molecule has 126 valence electrons. The minimum Gasteiger partial charge on any atom is -0.361 e. The van der Waals surface area contributed by atoms with Crippen molar-refractivity contribution in [3.63, 3.8) is 0 Å². The maximum atomic E-state index is 12.0. The minimum atomic E-state index is -0.0977. The summed E-state index contributed by atoms with van der Waals surface area (Å²) in [6, 6.07) is 17.2. The summed E-state index contributed by atoms with van der Waals surface area (Å²) in [5, 5.41) is 5.91. The molecule has 3 aromatic rings. The second kappa shape index (κ2) is 8.01. The summed E-state index contributed by atoms with van der Waals surface area (Å²) in [4.78, 5) is 25.1. The zero-order chi connectivity index (χ0) is 17.5. The van der Waals surface area contributed by atoms with E-state index in [1.165, 1.54) is 0 Å². The molecule has 0 unspecified atom stereocenters. The summed E-state index contributed by atoms with van der Waals surface area (Å²) >= 11 is 0. The number of pyridine rings is 1. The van der Waals surface area contributed by atoms with Crippen LogP contribution in [0.25, 0.3) is 11.5 Å². The molecule has 1 amide bonds. The van der Waals surface area contributed by atoms with Gasteiger partial charge in [0.25, 0.3) is 0 Å². The van der Waals surface area contributed by atoms with Gasteiger partial charge in [-0.3, -0.25) is 9.78 Å². The van der Waals surface area contributed by atoms with Crippen molar-refractivity contribution in [2.24, 2.45) is 0 Å². The zero-order valence-electron chi connectivity index (χ0n) is 13.9. The van der Waals surface area contributed by atoms with Gasteiger partial charge in [0.2, 0.25) is 5.91 Å². The molecule has 1 aromatic carbocycles. The molecule has 0 saturated carbocycles. The average Bonchev–Trinajstić information content (AvgIpc) is 2.66. The first-order chi connectivity index (χ1) is 12.2. The number of nitrogens with one attached hydrogen (secondary N) is 2. The Labute approximate surface area is 146 Å². The molecule has 3 rings (SSSR count). The smallest absolute Gasteiger partial charge is 0.239 e. The first kappa shape index (κ1) is 16.6. The van der Waals surface area contributed by atoms with E-state index in [4.69, 9.17) is 0 Å². The maximum absolute atomic E-state index is 12.0. The lowest BCUT2D eigenvalue weighted by Gasteiger charge is -2.09. The fourth-order valence-electron chi connectivity index (χ4n) is 2.30. The molecule has 2 N–H and O–H groups in total. The molecule has 6 heteroatoms. The van der Waals surface area contributed by atoms with Crippen LogP contribution in [0.4, 0.5) is 5.82 Å². The lowest BCUT2D eigenvalue weighted by Crippen LogP contribution is -2.29. The van der Waals surface area contributed by atoms with Gasteiger partial charge in [-0.25, -0.2) is 9.97 Å². The Bertz CT molecular complexity index is 837. The molecule has 0 aliphatic heterocycles. The van der Waals surface area contributed by atoms with Crippen molar-refractivity contribution in [2.75, 3.05) is 11.9 Å². The second-order valence-corrected chi connectivity index (χ2v) is 5.55. The maximum Gasteiger partial charge on any atom is 0.239 e. The van der Waals surface area contributed by atoms with Crippen LogP contribution in [0.5, 0.6) is 0 Å². The normalized spacial score (nSPS) is 10.3. The number of carbonyl (C=O) groups excluding carboxylic acids is 1. The predicted octanol–water partition coefficient (Wildman–Crippen LogP) is 2.58. The number of benzene rings is 1. The molecular formula is C19H19N5O. The van der Waals surface area contributed by atoms with Crippen molar-refractivity contribution in [2.45, 2.75) is 13.5 Å². The molecule has 2 aromatic heterocycles. The summed E-state index contributed by atoms with van der Waals surface area (Å²) in [6.45, 7) is 2.53. The first-order valence-corrected chi connectivity index (χ1v) is 8.02. The molecule has 6 nitrogen and oxygen atoms in total. The molecular weight excluding hydrogens is 314 g/mol. The van der Waals surface area contributed by atoms with E-state index in [-0.39, 0.29) is 12.5 Å². The lowest BCUT2D eigenvalue weighted by atomic mass is 10.2. The average molecular weight is 333 g/mol. The first-order valence-electron chi connectivity index (χ1n) is 8.02. The van der Waals surface area contributed by atoms with Crippen LogP contribution in [0.3, 0.4) is 0 Å². The van der Waals surface area contributed by atoms with E-state index < -0.39 is 0 Å². The van der Waals surface area contributed by atoms with Gasteiger partial charge in [0.15, 0.2) is 5.82 Å². The lowest BCUT2D eigenvalue weighted by molar-refractivity contribution is -0.119. The van der Waals surface area contributed by atoms with Crippen LogP contribution in [0.2, 0.25) is 0 Å². The highest BCUT2D eigenvalue weighted by molar-refractivity contribution is 5.80. The Kier molecular flexibility index (Phi) is 5.31. The largest absolute Gasteiger partial charge is 0.361 e. The minimum absolute atomic E-state index is 0.0977. The Morgan fingerprint density at radius 3 is 2.60 bits per heavy atom. The summed E-state index contributed by atoms with van der Waals surface area (Å²) in [7, 11) is 0. The molecule has 0 saturated heterocycles. The Hall–Kier alpha value is -3.28. The molecule has 0 radical (unpaired) electrons. The fourth-order valence-corrected chi connectivity index (χ4v) is 2.30. The highest BCUT2D eigenvalue weighted by atomic mass is 16.1. The van der Waals surface area contributed by atoms with Gasteiger partial charge in [0.05, 0.1) is 6.54 Å². The van der Waals surface area contributed by atoms with Crippen LogP contribution >= 0.6 is 0 Å². The number of hydrogen-bond acceptors (Lipinski definition) is 5. The van der Waals surface area contributed by atoms with E-state index in [0.717, 1.165) is 11.3 Å². The van der Waals surface area contributed by atoms with Crippen molar-refractivity contribution in [1.29, 1.82) is 0 Å². The van der Waals surface area contributed by atoms with Crippen molar-refractivity contribution in [1.82, 2.24) is 20.3 Å². The van der Waals surface area contributed by atoms with E-state index in [9.17, 15) is 4.79 Å². The summed E-state index contributed by atoms with van der Waals surface area (Å²) in [6.07, 6.45) is 1.70. The number of amides is 1. The third kappa shape index (κ3) is 4.84. The number of anilines is 1. The van der Waals surface area contributed by atoms with Crippen molar-refractivity contribution in [3.05, 3.63) is 72.1 Å². The van der Waals surface area contributed by atoms with Crippen LogP contribution in [-0.4, -0.2) is 27.4 Å². The standard InChI is InChI=1S/C19H19N5O/c1-14-11-17(24-19(23-14)16-9-5-6-10-20-16)21-13-18(25)22-12-15-7-3-2-4-8-15/h2-11H,12-13H2,1H3,(H,22,25)(H,21,23,24). The van der Waals surface area contributed by atoms with E-state index in [0.29, 0.717) is 23.9 Å². The van der Waals surface area contributed by atoms with Crippen molar-refractivity contribution in [3.8, 4) is 11.5 Å². The number of aromatic nitrogens is 3. The summed E-state index contributed by atoms with van der Waals surface area (Å²) < 4.78 is 0. The van der Waals surface area contributed by atoms with Gasteiger partial charge < -0.3 is 10.6 Å². The molecule has 25 heavy (non-hydrogen) atoms. The van der Waals surface area contributed by atoms with Crippen LogP contribution in [0, 0.1) is 6.92 Å². The number of aryl methyl sites for hydroxylation is 1. The van der Waals surface area contributed by atoms with E-state index in [1.54, 1.807) is 12.3 Å². The molecule has 0 atom stereocenters. The Morgan fingerprint density at radius 1 is 1.04 bits per heavy atom. The summed E-state index contributed by atoms with van der Waals surface area (Å²) in [5.74, 6) is 1.04. The summed E-state index contributed by atoms with van der Waals surface area (Å²) in [5.41, 5.74) is 2.57. The van der Waals surface area contributed by atoms with E-state index >= 15 is 0 Å². The quantitative estimate of drug-likeness (QED) is 0.725. The topological polar surface area (TPSA) is 79.8 Å². The van der Waals surface area contributed by atoms with Gasteiger partial charge in [-0.1, -0.05) is 36.4 Å². The fraction of sp³-hybridized carbons (Fsp3) is 0.158. The van der Waals surface area contributed by atoms with Gasteiger partial charge in [0.1, 0.15) is 11.5 Å². The molecule has 2 heterocycles. The number of nitrogens with zero attached hydrogens (tertiary/aromatic N) is 3. The van der Waals surface area contributed by atoms with Gasteiger partial charge in [0, 0.05) is 24.5 Å². The molecule has 0 fully saturated rings. The zero-order valence-corrected chi connectivity index (χ0v) is 13.9. The van der Waals surface area contributed by atoms with Crippen LogP contribution in [0.15, 0.2) is 60.8 Å². The third-order valence-corrected chi connectivity index (χ3v) is 3.51. The highest BCUT2D eigenvalue weighted by Gasteiger charge is 2.07. The van der Waals surface area contributed by atoms with Crippen molar-refractivity contribution < 1.29 is 4.79 Å². The third-order valence-electron chi connectivity index (χ3n) is 3.51. The second-order valence-electron chi connectivity index (χ2n) is 5.55. The molecule has 0 spiro atoms. The molecule has 0 bridgehead atoms. The van der Waals surface area contributed by atoms with Crippen molar-refractivity contribution >= 4 is 11.7 Å². The van der Waals surface area contributed by atoms with Gasteiger partial charge in [-0.05, 0) is 24.6 Å². The monoisotopic (exact) mass is 333 g/mol. The van der Waals surface area contributed by atoms with E-state index in [2.05, 4.69) is 25.6 Å². The number of rotatable bonds is 6. The Morgan fingerprint density at radius 2 is 1.84 bits per heavy atom. The SMILES string of the molecule is Cc1cc(NCC(=O)NCc2ccccc2)nc(-c2ccccn2)n1. The molecule has 0 aliphatic carbocycles. The highest BCUT2D eigenvalue weighted by Crippen LogP contribution is 2.15.